The summed E-state index contributed by atoms with van der Waals surface area (Å²) >= 11 is 0. The average molecular weight is 365 g/mol. The van der Waals surface area contributed by atoms with Gasteiger partial charge in [0.25, 0.3) is 5.56 Å². The van der Waals surface area contributed by atoms with Gasteiger partial charge in [-0.3, -0.25) is 14.3 Å². The van der Waals surface area contributed by atoms with Gasteiger partial charge in [-0.1, -0.05) is 32.0 Å². The van der Waals surface area contributed by atoms with E-state index in [0.29, 0.717) is 11.7 Å². The molecule has 2 aromatic carbocycles. The Kier molecular flexibility index (Phi) is 5.66. The highest BCUT2D eigenvalue weighted by atomic mass is 19.4. The van der Waals surface area contributed by atoms with Crippen LogP contribution in [0.3, 0.4) is 0 Å². The summed E-state index contributed by atoms with van der Waals surface area (Å²) in [6.45, 7) is 3.89. The second kappa shape index (κ2) is 7.57. The fourth-order valence-electron chi connectivity index (χ4n) is 2.25. The van der Waals surface area contributed by atoms with Crippen LogP contribution >= 0.6 is 0 Å². The summed E-state index contributed by atoms with van der Waals surface area (Å²) in [7, 11) is 0. The predicted molar refractivity (Wildman–Crippen MR) is 94.5 cm³/mol. The number of hydrogen-bond donors (Lipinski definition) is 2. The lowest BCUT2D eigenvalue weighted by Crippen LogP contribution is -2.29. The molecule has 5 nitrogen and oxygen atoms in total. The van der Waals surface area contributed by atoms with Crippen molar-refractivity contribution in [3.63, 3.8) is 0 Å². The number of rotatable bonds is 1. The van der Waals surface area contributed by atoms with E-state index in [1.54, 1.807) is 30.3 Å². The molecule has 0 amide bonds. The van der Waals surface area contributed by atoms with E-state index in [9.17, 15) is 22.8 Å². The fourth-order valence-corrected chi connectivity index (χ4v) is 2.25. The van der Waals surface area contributed by atoms with Crippen molar-refractivity contribution in [2.75, 3.05) is 0 Å². The molecule has 0 unspecified atom stereocenters. The number of nitrogens with two attached hydrogens (primary N) is 1. The third kappa shape index (κ3) is 4.40. The van der Waals surface area contributed by atoms with E-state index < -0.39 is 23.0 Å². The number of aromatic nitrogens is 2. The molecule has 0 aliphatic carbocycles. The molecule has 3 rings (SSSR count). The van der Waals surface area contributed by atoms with Crippen LogP contribution in [0.2, 0.25) is 0 Å². The molecule has 0 radical (unpaired) electrons. The molecule has 1 heterocycles. The molecule has 0 atom stereocenters. The van der Waals surface area contributed by atoms with Crippen LogP contribution in [-0.4, -0.2) is 15.6 Å². The molecule has 0 saturated heterocycles. The number of para-hydroxylation sites is 1. The van der Waals surface area contributed by atoms with Crippen LogP contribution in [0.5, 0.6) is 0 Å². The lowest BCUT2D eigenvalue weighted by Gasteiger charge is -2.12. The molecule has 0 saturated carbocycles. The van der Waals surface area contributed by atoms with Crippen molar-refractivity contribution in [2.45, 2.75) is 26.1 Å². The zero-order chi connectivity index (χ0) is 19.5. The minimum atomic E-state index is -4.56. The Labute approximate surface area is 146 Å². The molecule has 26 heavy (non-hydrogen) atoms. The second-order valence-corrected chi connectivity index (χ2v) is 5.90. The molecule has 0 aliphatic heterocycles. The standard InChI is InChI=1S/C15H9F3N2O2.C3H9N/c16-15(17,18)9-6-7-11-12(8-9)20(14(22)19-13(11)21)10-4-2-1-3-5-10;1-3(2)4/h1-8H,(H,19,21,22);3H,4H2,1-2H3. The van der Waals surface area contributed by atoms with Crippen LogP contribution in [-0.2, 0) is 6.18 Å². The summed E-state index contributed by atoms with van der Waals surface area (Å²) in [6.07, 6.45) is -4.56. The lowest BCUT2D eigenvalue weighted by molar-refractivity contribution is -0.137. The fraction of sp³-hybridized carbons (Fsp3) is 0.222. The van der Waals surface area contributed by atoms with Gasteiger partial charge in [0.15, 0.2) is 0 Å². The Bertz CT molecular complexity index is 1000. The van der Waals surface area contributed by atoms with E-state index >= 15 is 0 Å². The molecule has 8 heteroatoms. The lowest BCUT2D eigenvalue weighted by atomic mass is 10.1. The van der Waals surface area contributed by atoms with Gasteiger partial charge in [0.2, 0.25) is 0 Å². The Balaban J connectivity index is 0.000000552. The third-order valence-corrected chi connectivity index (χ3v) is 3.25. The zero-order valence-electron chi connectivity index (χ0n) is 14.2. The minimum Gasteiger partial charge on any atom is -0.328 e. The Morgan fingerprint density at radius 2 is 1.62 bits per heavy atom. The number of alkyl halides is 3. The maximum absolute atomic E-state index is 12.9. The van der Waals surface area contributed by atoms with Gasteiger partial charge in [0.05, 0.1) is 22.2 Å². The molecule has 138 valence electrons. The Hall–Kier alpha value is -2.87. The summed E-state index contributed by atoms with van der Waals surface area (Å²) < 4.78 is 39.7. The topological polar surface area (TPSA) is 80.9 Å². The van der Waals surface area contributed by atoms with Gasteiger partial charge in [-0.15, -0.1) is 0 Å². The van der Waals surface area contributed by atoms with Gasteiger partial charge >= 0.3 is 11.9 Å². The van der Waals surface area contributed by atoms with Gasteiger partial charge in [-0.05, 0) is 36.4 Å². The number of hydrogen-bond acceptors (Lipinski definition) is 3. The van der Waals surface area contributed by atoms with Crippen LogP contribution < -0.4 is 17.0 Å². The second-order valence-electron chi connectivity index (χ2n) is 5.90. The van der Waals surface area contributed by atoms with Gasteiger partial charge in [0, 0.05) is 0 Å². The van der Waals surface area contributed by atoms with Gasteiger partial charge in [-0.25, -0.2) is 4.79 Å². The number of aromatic amines is 1. The highest BCUT2D eigenvalue weighted by Crippen LogP contribution is 2.30. The van der Waals surface area contributed by atoms with Crippen LogP contribution in [0, 0.1) is 0 Å². The highest BCUT2D eigenvalue weighted by molar-refractivity contribution is 5.80. The van der Waals surface area contributed by atoms with Crippen molar-refractivity contribution in [1.82, 2.24) is 9.55 Å². The first-order chi connectivity index (χ1) is 12.1. The number of benzene rings is 2. The SMILES string of the molecule is CC(C)N.O=c1[nH]c(=O)n(-c2ccccc2)c2cc(C(F)(F)F)ccc12. The maximum Gasteiger partial charge on any atom is 0.416 e. The monoisotopic (exact) mass is 365 g/mol. The summed E-state index contributed by atoms with van der Waals surface area (Å²) in [5.41, 5.74) is 2.96. The molecule has 3 N–H and O–H groups in total. The third-order valence-electron chi connectivity index (χ3n) is 3.25. The van der Waals surface area contributed by atoms with E-state index in [4.69, 9.17) is 5.73 Å². The van der Waals surface area contributed by atoms with Crippen molar-refractivity contribution in [3.05, 3.63) is 74.9 Å². The first-order valence-electron chi connectivity index (χ1n) is 7.78. The Morgan fingerprint density at radius 3 is 2.15 bits per heavy atom. The highest BCUT2D eigenvalue weighted by Gasteiger charge is 2.31. The molecule has 0 aliphatic rings. The number of halogens is 3. The van der Waals surface area contributed by atoms with Gasteiger partial charge in [0.1, 0.15) is 0 Å². The van der Waals surface area contributed by atoms with Crippen LogP contribution in [0.25, 0.3) is 16.6 Å². The Morgan fingerprint density at radius 1 is 1.04 bits per heavy atom. The average Bonchev–Trinajstić information content (AvgIpc) is 2.54. The number of nitrogens with zero attached hydrogens (tertiary/aromatic N) is 1. The molecule has 0 fully saturated rings. The normalized spacial score (nSPS) is 11.3. The van der Waals surface area contributed by atoms with Gasteiger partial charge < -0.3 is 5.73 Å². The molecular weight excluding hydrogens is 347 g/mol. The van der Waals surface area contributed by atoms with Crippen molar-refractivity contribution in [2.24, 2.45) is 5.73 Å². The number of nitrogens with one attached hydrogen (secondary N) is 1. The van der Waals surface area contributed by atoms with Crippen molar-refractivity contribution < 1.29 is 13.2 Å². The van der Waals surface area contributed by atoms with Crippen LogP contribution in [0.15, 0.2) is 58.1 Å². The molecular formula is C18H18F3N3O2. The first kappa shape index (κ1) is 19.5. The first-order valence-corrected chi connectivity index (χ1v) is 7.78. The van der Waals surface area contributed by atoms with E-state index in [2.05, 4.69) is 4.98 Å². The van der Waals surface area contributed by atoms with E-state index in [0.717, 1.165) is 22.8 Å². The van der Waals surface area contributed by atoms with Crippen LogP contribution in [0.1, 0.15) is 19.4 Å². The number of H-pyrrole nitrogens is 1. The summed E-state index contributed by atoms with van der Waals surface area (Å²) in [5, 5.41) is 0.0106. The summed E-state index contributed by atoms with van der Waals surface area (Å²) in [4.78, 5) is 25.9. The minimum absolute atomic E-state index is 0.0106. The van der Waals surface area contributed by atoms with Crippen molar-refractivity contribution >= 4 is 10.9 Å². The smallest absolute Gasteiger partial charge is 0.328 e. The molecule has 1 aromatic heterocycles. The quantitative estimate of drug-likeness (QED) is 0.695. The summed E-state index contributed by atoms with van der Waals surface area (Å²) in [5.74, 6) is 0. The largest absolute Gasteiger partial charge is 0.416 e. The van der Waals surface area contributed by atoms with Gasteiger partial charge in [-0.2, -0.15) is 13.2 Å². The van der Waals surface area contributed by atoms with E-state index in [1.165, 1.54) is 0 Å². The molecule has 3 aromatic rings. The summed E-state index contributed by atoms with van der Waals surface area (Å²) in [6, 6.07) is 11.2. The molecule has 0 bridgehead atoms. The van der Waals surface area contributed by atoms with Crippen molar-refractivity contribution in [3.8, 4) is 5.69 Å². The number of fused-ring (bicyclic) bond motifs is 1. The predicted octanol–water partition coefficient (Wildman–Crippen LogP) is 3.05. The zero-order valence-corrected chi connectivity index (χ0v) is 14.2. The van der Waals surface area contributed by atoms with Crippen LogP contribution in [0.4, 0.5) is 13.2 Å². The van der Waals surface area contributed by atoms with E-state index in [-0.39, 0.29) is 10.9 Å². The van der Waals surface area contributed by atoms with Crippen molar-refractivity contribution in [1.29, 1.82) is 0 Å². The maximum atomic E-state index is 12.9. The van der Waals surface area contributed by atoms with E-state index in [1.807, 2.05) is 13.8 Å². The molecule has 0 spiro atoms.